The van der Waals surface area contributed by atoms with Gasteiger partial charge < -0.3 is 14.4 Å². The second-order valence-electron chi connectivity index (χ2n) is 13.9. The summed E-state index contributed by atoms with van der Waals surface area (Å²) in [5.74, 6) is 0.890. The summed E-state index contributed by atoms with van der Waals surface area (Å²) in [6, 6.07) is 51.1. The van der Waals surface area contributed by atoms with E-state index in [-0.39, 0.29) is 26.5 Å². The van der Waals surface area contributed by atoms with Gasteiger partial charge in [0.2, 0.25) is 0 Å². The van der Waals surface area contributed by atoms with Gasteiger partial charge in [-0.3, -0.25) is 0 Å². The molecule has 0 atom stereocenters. The molecule has 244 valence electrons. The largest absolute Gasteiger partial charge is 0.510 e. The van der Waals surface area contributed by atoms with Crippen molar-refractivity contribution in [1.82, 2.24) is 14.5 Å². The first-order valence-corrected chi connectivity index (χ1v) is 16.5. The first-order valence-electron chi connectivity index (χ1n) is 16.5. The fourth-order valence-corrected chi connectivity index (χ4v) is 7.70. The van der Waals surface area contributed by atoms with E-state index in [0.29, 0.717) is 0 Å². The Labute approximate surface area is 302 Å². The molecular weight excluding hydrogens is 780 g/mol. The maximum absolute atomic E-state index is 5.74. The van der Waals surface area contributed by atoms with E-state index < -0.39 is 5.41 Å². The van der Waals surface area contributed by atoms with Gasteiger partial charge in [0.1, 0.15) is 5.82 Å². The summed E-state index contributed by atoms with van der Waals surface area (Å²) in [6.07, 6.45) is 4.13. The molecule has 1 aliphatic heterocycles. The van der Waals surface area contributed by atoms with Crippen molar-refractivity contribution in [1.29, 1.82) is 0 Å². The minimum atomic E-state index is -0.711. The summed E-state index contributed by atoms with van der Waals surface area (Å²) in [5, 5.41) is 2.37. The van der Waals surface area contributed by atoms with Crippen LogP contribution in [0.5, 0.6) is 0 Å². The minimum absolute atomic E-state index is 0. The van der Waals surface area contributed by atoms with Crippen LogP contribution >= 0.6 is 0 Å². The van der Waals surface area contributed by atoms with Crippen molar-refractivity contribution in [3.05, 3.63) is 180 Å². The fourth-order valence-electron chi connectivity index (χ4n) is 7.70. The maximum Gasteiger partial charge on any atom is 0.136 e. The van der Waals surface area contributed by atoms with Crippen molar-refractivity contribution in [3.63, 3.8) is 0 Å². The Morgan fingerprint density at radius 3 is 2.14 bits per heavy atom. The molecule has 0 saturated carbocycles. The fraction of sp³-hybridized carbons (Fsp3) is 0.136. The Morgan fingerprint density at radius 1 is 0.735 bits per heavy atom. The molecule has 0 saturated heterocycles. The van der Waals surface area contributed by atoms with E-state index in [9.17, 15) is 0 Å². The zero-order valence-corrected chi connectivity index (χ0v) is 30.2. The van der Waals surface area contributed by atoms with Crippen LogP contribution in [0.1, 0.15) is 48.7 Å². The second-order valence-corrected chi connectivity index (χ2v) is 13.9. The number of nitrogens with zero attached hydrogens (tertiary/aromatic N) is 4. The van der Waals surface area contributed by atoms with Crippen molar-refractivity contribution in [2.75, 3.05) is 11.9 Å². The van der Waals surface area contributed by atoms with Crippen LogP contribution in [0.3, 0.4) is 0 Å². The Balaban J connectivity index is 0.00000348. The van der Waals surface area contributed by atoms with Gasteiger partial charge in [0.15, 0.2) is 0 Å². The van der Waals surface area contributed by atoms with Crippen molar-refractivity contribution in [2.24, 2.45) is 0 Å². The van der Waals surface area contributed by atoms with Crippen LogP contribution in [0.4, 0.5) is 5.69 Å². The van der Waals surface area contributed by atoms with E-state index in [0.717, 1.165) is 33.8 Å². The average molecular weight is 815 g/mol. The molecular formula is C44H35N4Pt-3. The van der Waals surface area contributed by atoms with E-state index >= 15 is 0 Å². The van der Waals surface area contributed by atoms with Gasteiger partial charge in [-0.2, -0.15) is 55.2 Å². The number of fused-ring (bicyclic) bond motifs is 6. The smallest absolute Gasteiger partial charge is 0.136 e. The monoisotopic (exact) mass is 814 g/mol. The van der Waals surface area contributed by atoms with Gasteiger partial charge in [-0.25, -0.2) is 4.98 Å². The number of anilines is 1. The van der Waals surface area contributed by atoms with Crippen LogP contribution in [0, 0.1) is 18.8 Å². The summed E-state index contributed by atoms with van der Waals surface area (Å²) in [6.45, 7) is 8.94. The van der Waals surface area contributed by atoms with Crippen LogP contribution in [0.25, 0.3) is 38.8 Å². The molecule has 0 unspecified atom stereocenters. The molecule has 0 fully saturated rings. The third-order valence-electron chi connectivity index (χ3n) is 9.97. The molecule has 4 nitrogen and oxygen atoms in total. The number of pyridine rings is 1. The molecule has 1 aliphatic carbocycles. The molecule has 3 heterocycles. The number of rotatable bonds is 4. The predicted octanol–water partition coefficient (Wildman–Crippen LogP) is 9.78. The molecule has 0 bridgehead atoms. The summed E-state index contributed by atoms with van der Waals surface area (Å²) >= 11 is 0. The van der Waals surface area contributed by atoms with Crippen molar-refractivity contribution < 1.29 is 21.1 Å². The quantitative estimate of drug-likeness (QED) is 0.166. The van der Waals surface area contributed by atoms with Crippen LogP contribution < -0.4 is 4.90 Å². The summed E-state index contributed by atoms with van der Waals surface area (Å²) in [4.78, 5) is 9.92. The number of benzene rings is 5. The van der Waals surface area contributed by atoms with E-state index in [1.807, 2.05) is 13.1 Å². The van der Waals surface area contributed by atoms with Crippen LogP contribution in [-0.2, 0) is 31.9 Å². The van der Waals surface area contributed by atoms with Crippen molar-refractivity contribution in [3.8, 4) is 16.9 Å². The average Bonchev–Trinajstić information content (AvgIpc) is 3.79. The molecule has 2 aromatic heterocycles. The summed E-state index contributed by atoms with van der Waals surface area (Å²) in [7, 11) is 2.04. The summed E-state index contributed by atoms with van der Waals surface area (Å²) in [5.41, 5.74) is 10.4. The predicted molar refractivity (Wildman–Crippen MR) is 196 cm³/mol. The maximum atomic E-state index is 5.74. The molecule has 5 heteroatoms. The van der Waals surface area contributed by atoms with Crippen LogP contribution in [-0.4, -0.2) is 21.5 Å². The Kier molecular flexibility index (Phi) is 7.42. The van der Waals surface area contributed by atoms with Gasteiger partial charge in [-0.05, 0) is 76.3 Å². The van der Waals surface area contributed by atoms with Gasteiger partial charge in [-0.1, -0.05) is 93.0 Å². The molecule has 2 aliphatic rings. The van der Waals surface area contributed by atoms with E-state index in [2.05, 4.69) is 182 Å². The Bertz CT molecular complexity index is 2310. The molecule has 49 heavy (non-hydrogen) atoms. The van der Waals surface area contributed by atoms with Gasteiger partial charge in [0.25, 0.3) is 0 Å². The standard InChI is InChI=1S/C44H35N4.Pt/c1-43(2,3)31-27-41(45-42(28-31)48-39-22-11-7-18-35(39)36-19-8-12-23-40(36)48)44(30-14-13-15-32(26-30)47-25-24-46(4)29-47)37-20-9-5-16-33(37)34-17-6-10-21-38(34)44;/h5-22,24-25,27-29H,1-4H3;/q-3;. The Morgan fingerprint density at radius 2 is 1.43 bits per heavy atom. The zero-order valence-electron chi connectivity index (χ0n) is 27.9. The second kappa shape index (κ2) is 11.6. The number of hydrogen-bond acceptors (Lipinski definition) is 3. The first kappa shape index (κ1) is 31.4. The SMILES string of the molecule is CN1C=CN(c2[c-]c(C3(c4cc(C(C)(C)C)cc(-n5c6[c-]cccc6c6ccccc65)n4)c4ccccc4-c4ccccc43)ccc2)[CH-]1.[Pt]. The molecule has 7 aromatic rings. The third kappa shape index (κ3) is 4.72. The summed E-state index contributed by atoms with van der Waals surface area (Å²) < 4.78 is 2.30. The van der Waals surface area contributed by atoms with E-state index in [4.69, 9.17) is 4.98 Å². The molecule has 0 amide bonds. The van der Waals surface area contributed by atoms with Crippen LogP contribution in [0.2, 0.25) is 0 Å². The molecule has 0 radical (unpaired) electrons. The molecule has 9 rings (SSSR count). The number of para-hydroxylation sites is 2. The van der Waals surface area contributed by atoms with E-state index in [1.54, 1.807) is 0 Å². The van der Waals surface area contributed by atoms with Gasteiger partial charge >= 0.3 is 0 Å². The molecule has 0 spiro atoms. The van der Waals surface area contributed by atoms with Gasteiger partial charge in [-0.15, -0.1) is 16.6 Å². The van der Waals surface area contributed by atoms with E-state index in [1.165, 1.54) is 38.6 Å². The number of aromatic nitrogens is 2. The van der Waals surface area contributed by atoms with Crippen molar-refractivity contribution >= 4 is 27.5 Å². The zero-order chi connectivity index (χ0) is 32.6. The topological polar surface area (TPSA) is 24.3 Å². The first-order chi connectivity index (χ1) is 23.3. The minimum Gasteiger partial charge on any atom is -0.510 e. The van der Waals surface area contributed by atoms with Gasteiger partial charge in [0.05, 0.1) is 11.1 Å². The van der Waals surface area contributed by atoms with Crippen molar-refractivity contribution in [2.45, 2.75) is 31.6 Å². The number of hydrogen-bond donors (Lipinski definition) is 0. The molecule has 5 aromatic carbocycles. The normalized spacial score (nSPS) is 14.7. The Hall–Kier alpha value is -4.92. The third-order valence-corrected chi connectivity index (χ3v) is 9.97. The molecule has 0 N–H and O–H groups in total. The van der Waals surface area contributed by atoms with Crippen LogP contribution in [0.15, 0.2) is 134 Å². The van der Waals surface area contributed by atoms with Gasteiger partial charge in [0, 0.05) is 26.6 Å².